The van der Waals surface area contributed by atoms with E-state index >= 15 is 0 Å². The Morgan fingerprint density at radius 3 is 2.75 bits per heavy atom. The van der Waals surface area contributed by atoms with Crippen molar-refractivity contribution in [2.45, 2.75) is 27.0 Å². The Morgan fingerprint density at radius 1 is 1.17 bits per heavy atom. The molecule has 0 aliphatic carbocycles. The Hall–Kier alpha value is -2.44. The van der Waals surface area contributed by atoms with Crippen LogP contribution in [0, 0.1) is 13.8 Å². The summed E-state index contributed by atoms with van der Waals surface area (Å²) in [6, 6.07) is 9.92. The molecule has 0 aliphatic heterocycles. The number of rotatable bonds is 4. The van der Waals surface area contributed by atoms with Gasteiger partial charge in [0.2, 0.25) is 5.89 Å². The van der Waals surface area contributed by atoms with Crippen LogP contribution in [0.25, 0.3) is 21.8 Å². The van der Waals surface area contributed by atoms with Crippen LogP contribution in [0.4, 0.5) is 0 Å². The monoisotopic (exact) mass is 339 g/mol. The van der Waals surface area contributed by atoms with E-state index in [1.165, 1.54) is 0 Å². The van der Waals surface area contributed by atoms with E-state index in [-0.39, 0.29) is 6.61 Å². The summed E-state index contributed by atoms with van der Waals surface area (Å²) in [5.74, 6) is 2.08. The lowest BCUT2D eigenvalue weighted by molar-refractivity contribution is 0.267. The lowest BCUT2D eigenvalue weighted by Crippen LogP contribution is -2.06. The van der Waals surface area contributed by atoms with Crippen LogP contribution < -0.4 is 0 Å². The van der Waals surface area contributed by atoms with Crippen molar-refractivity contribution in [2.24, 2.45) is 0 Å². The van der Waals surface area contributed by atoms with Gasteiger partial charge in [-0.25, -0.2) is 9.97 Å². The summed E-state index contributed by atoms with van der Waals surface area (Å²) in [7, 11) is 0. The molecule has 6 heteroatoms. The van der Waals surface area contributed by atoms with Crippen LogP contribution in [0.3, 0.4) is 0 Å². The van der Waals surface area contributed by atoms with E-state index in [0.717, 1.165) is 32.9 Å². The fraction of sp³-hybridized carbons (Fsp3) is 0.222. The minimum absolute atomic E-state index is 0.109. The van der Waals surface area contributed by atoms with Gasteiger partial charge in [-0.3, -0.25) is 0 Å². The Labute approximate surface area is 143 Å². The van der Waals surface area contributed by atoms with Crippen LogP contribution in [-0.2, 0) is 13.2 Å². The first-order valence-corrected chi connectivity index (χ1v) is 8.61. The molecule has 0 atom stereocenters. The number of aliphatic hydroxyl groups is 1. The van der Waals surface area contributed by atoms with Crippen LogP contribution in [0.15, 0.2) is 40.1 Å². The minimum Gasteiger partial charge on any atom is -0.440 e. The number of imidazole rings is 1. The van der Waals surface area contributed by atoms with Gasteiger partial charge in [-0.05, 0) is 43.0 Å². The maximum absolute atomic E-state index is 9.63. The van der Waals surface area contributed by atoms with Gasteiger partial charge in [0.1, 0.15) is 23.9 Å². The molecule has 5 nitrogen and oxygen atoms in total. The molecule has 3 heterocycles. The highest BCUT2D eigenvalue weighted by Gasteiger charge is 2.17. The molecule has 0 amide bonds. The zero-order valence-electron chi connectivity index (χ0n) is 13.5. The fourth-order valence-electron chi connectivity index (χ4n) is 2.84. The molecule has 24 heavy (non-hydrogen) atoms. The highest BCUT2D eigenvalue weighted by Crippen LogP contribution is 2.30. The average molecular weight is 339 g/mol. The van der Waals surface area contributed by atoms with Crippen molar-refractivity contribution in [1.29, 1.82) is 0 Å². The van der Waals surface area contributed by atoms with Crippen molar-refractivity contribution >= 4 is 22.4 Å². The summed E-state index contributed by atoms with van der Waals surface area (Å²) in [4.78, 5) is 10.2. The predicted octanol–water partition coefficient (Wildman–Crippen LogP) is 3.91. The average Bonchev–Trinajstić information content (AvgIpc) is 3.26. The van der Waals surface area contributed by atoms with Gasteiger partial charge in [-0.2, -0.15) is 0 Å². The van der Waals surface area contributed by atoms with Gasteiger partial charge >= 0.3 is 0 Å². The van der Waals surface area contributed by atoms with Crippen molar-refractivity contribution in [1.82, 2.24) is 14.5 Å². The van der Waals surface area contributed by atoms with Gasteiger partial charge in [-0.15, -0.1) is 11.3 Å². The van der Waals surface area contributed by atoms with Crippen molar-refractivity contribution < 1.29 is 9.52 Å². The molecule has 0 bridgehead atoms. The Kier molecular flexibility index (Phi) is 3.70. The van der Waals surface area contributed by atoms with E-state index in [9.17, 15) is 5.11 Å². The van der Waals surface area contributed by atoms with Crippen molar-refractivity contribution in [3.63, 3.8) is 0 Å². The van der Waals surface area contributed by atoms with E-state index in [4.69, 9.17) is 4.42 Å². The number of nitrogens with zero attached hydrogens (tertiary/aromatic N) is 3. The van der Waals surface area contributed by atoms with Crippen molar-refractivity contribution in [2.75, 3.05) is 0 Å². The first-order valence-electron chi connectivity index (χ1n) is 7.73. The van der Waals surface area contributed by atoms with E-state index in [1.807, 2.05) is 41.1 Å². The molecule has 1 N–H and O–H groups in total. The number of aryl methyl sites for hydroxylation is 2. The molecular formula is C18H17N3O2S. The number of fused-ring (bicyclic) bond motifs is 1. The maximum Gasteiger partial charge on any atom is 0.237 e. The number of hydrogen-bond acceptors (Lipinski definition) is 5. The topological polar surface area (TPSA) is 64.1 Å². The SMILES string of the molecule is Cc1ccsc1-c1nc(Cn2c(CO)nc3ccccc32)c(C)o1. The molecule has 0 radical (unpaired) electrons. The van der Waals surface area contributed by atoms with E-state index in [1.54, 1.807) is 11.3 Å². The van der Waals surface area contributed by atoms with Crippen LogP contribution in [0.5, 0.6) is 0 Å². The second-order valence-corrected chi connectivity index (χ2v) is 6.63. The standard InChI is InChI=1S/C18H17N3O2S/c1-11-7-8-24-17(11)18-20-14(12(2)23-18)9-21-15-6-4-3-5-13(15)19-16(21)10-22/h3-8,22H,9-10H2,1-2H3. The fourth-order valence-corrected chi connectivity index (χ4v) is 3.69. The zero-order valence-corrected chi connectivity index (χ0v) is 14.3. The molecule has 1 aromatic carbocycles. The smallest absolute Gasteiger partial charge is 0.237 e. The summed E-state index contributed by atoms with van der Waals surface area (Å²) in [6.45, 7) is 4.39. The van der Waals surface area contributed by atoms with E-state index in [2.05, 4.69) is 23.0 Å². The van der Waals surface area contributed by atoms with Crippen LogP contribution in [-0.4, -0.2) is 19.6 Å². The molecule has 0 saturated heterocycles. The Bertz CT molecular complexity index is 1010. The van der Waals surface area contributed by atoms with Gasteiger partial charge in [0.05, 0.1) is 22.5 Å². The number of aliphatic hydroxyl groups excluding tert-OH is 1. The number of aromatic nitrogens is 3. The van der Waals surface area contributed by atoms with Gasteiger partial charge in [-0.1, -0.05) is 12.1 Å². The number of para-hydroxylation sites is 2. The third-order valence-corrected chi connectivity index (χ3v) is 5.14. The van der Waals surface area contributed by atoms with Crippen molar-refractivity contribution in [3.05, 3.63) is 58.6 Å². The zero-order chi connectivity index (χ0) is 16.7. The summed E-state index contributed by atoms with van der Waals surface area (Å²) >= 11 is 1.63. The molecule has 4 rings (SSSR count). The molecule has 122 valence electrons. The molecule has 3 aromatic heterocycles. The third-order valence-electron chi connectivity index (χ3n) is 4.13. The van der Waals surface area contributed by atoms with Gasteiger partial charge in [0, 0.05) is 0 Å². The normalized spacial score (nSPS) is 11.5. The summed E-state index contributed by atoms with van der Waals surface area (Å²) < 4.78 is 7.87. The molecule has 0 fully saturated rings. The lowest BCUT2D eigenvalue weighted by Gasteiger charge is -2.05. The Morgan fingerprint density at radius 2 is 2.00 bits per heavy atom. The number of thiophene rings is 1. The first-order chi connectivity index (χ1) is 11.7. The molecule has 0 aliphatic rings. The van der Waals surface area contributed by atoms with Gasteiger partial charge in [0.15, 0.2) is 0 Å². The summed E-state index contributed by atoms with van der Waals surface area (Å²) in [5.41, 5.74) is 3.88. The third kappa shape index (κ3) is 2.44. The molecule has 0 spiro atoms. The number of oxazole rings is 1. The molecule has 4 aromatic rings. The van der Waals surface area contributed by atoms with Gasteiger partial charge < -0.3 is 14.1 Å². The number of benzene rings is 1. The van der Waals surface area contributed by atoms with Gasteiger partial charge in [0.25, 0.3) is 0 Å². The molecule has 0 saturated carbocycles. The largest absolute Gasteiger partial charge is 0.440 e. The predicted molar refractivity (Wildman–Crippen MR) is 94.0 cm³/mol. The number of hydrogen-bond donors (Lipinski definition) is 1. The second-order valence-electron chi connectivity index (χ2n) is 5.72. The highest BCUT2D eigenvalue weighted by molar-refractivity contribution is 7.13. The maximum atomic E-state index is 9.63. The quantitative estimate of drug-likeness (QED) is 0.612. The van der Waals surface area contributed by atoms with E-state index in [0.29, 0.717) is 18.3 Å². The molecule has 0 unspecified atom stereocenters. The van der Waals surface area contributed by atoms with Crippen molar-refractivity contribution in [3.8, 4) is 10.8 Å². The minimum atomic E-state index is -0.109. The van der Waals surface area contributed by atoms with E-state index < -0.39 is 0 Å². The van der Waals surface area contributed by atoms with Crippen LogP contribution >= 0.6 is 11.3 Å². The summed E-state index contributed by atoms with van der Waals surface area (Å²) in [6.07, 6.45) is 0. The lowest BCUT2D eigenvalue weighted by atomic mass is 10.3. The summed E-state index contributed by atoms with van der Waals surface area (Å²) in [5, 5.41) is 11.7. The molecular weight excluding hydrogens is 322 g/mol. The highest BCUT2D eigenvalue weighted by atomic mass is 32.1. The first kappa shape index (κ1) is 15.1. The van der Waals surface area contributed by atoms with Crippen LogP contribution in [0.1, 0.15) is 22.8 Å². The Balaban J connectivity index is 1.77. The van der Waals surface area contributed by atoms with Crippen LogP contribution in [0.2, 0.25) is 0 Å². The second kappa shape index (κ2) is 5.89.